The van der Waals surface area contributed by atoms with Gasteiger partial charge in [0.1, 0.15) is 6.04 Å². The number of nitrogens with zero attached hydrogens (tertiary/aromatic N) is 2. The Labute approximate surface area is 155 Å². The third-order valence-electron chi connectivity index (χ3n) is 3.84. The number of halogens is 1. The Balaban J connectivity index is 1.84. The van der Waals surface area contributed by atoms with E-state index in [9.17, 15) is 4.79 Å². The molecule has 0 saturated carbocycles. The van der Waals surface area contributed by atoms with E-state index in [-0.39, 0.29) is 17.9 Å². The molecule has 1 amide bonds. The lowest BCUT2D eigenvalue weighted by atomic mass is 10.0. The minimum atomic E-state index is -0.364. The zero-order valence-electron chi connectivity index (χ0n) is 14.1. The molecule has 0 aliphatic carbocycles. The average Bonchev–Trinajstić information content (AvgIpc) is 3.26. The van der Waals surface area contributed by atoms with Crippen LogP contribution in [0.2, 0.25) is 5.02 Å². The molecule has 1 atom stereocenters. The summed E-state index contributed by atoms with van der Waals surface area (Å²) in [4.78, 5) is 17.5. The summed E-state index contributed by atoms with van der Waals surface area (Å²) in [5, 5.41) is 9.52. The van der Waals surface area contributed by atoms with Crippen molar-refractivity contribution in [1.82, 2.24) is 15.5 Å². The van der Waals surface area contributed by atoms with Gasteiger partial charge in [-0.3, -0.25) is 4.79 Å². The second kappa shape index (κ2) is 7.37. The number of carbonyl (C=O) groups excluding carboxylic acids is 1. The van der Waals surface area contributed by atoms with Gasteiger partial charge in [-0.05, 0) is 35.9 Å². The van der Waals surface area contributed by atoms with Crippen molar-refractivity contribution >= 4 is 28.8 Å². The predicted molar refractivity (Wildman–Crippen MR) is 98.8 cm³/mol. The molecule has 0 bridgehead atoms. The van der Waals surface area contributed by atoms with Gasteiger partial charge < -0.3 is 9.84 Å². The van der Waals surface area contributed by atoms with Crippen LogP contribution in [-0.2, 0) is 0 Å². The molecule has 3 rings (SSSR count). The summed E-state index contributed by atoms with van der Waals surface area (Å²) in [6.45, 7) is 5.92. The average molecular weight is 376 g/mol. The Morgan fingerprint density at radius 2 is 2.12 bits per heavy atom. The van der Waals surface area contributed by atoms with Crippen molar-refractivity contribution in [2.75, 3.05) is 0 Å². The van der Waals surface area contributed by atoms with Gasteiger partial charge in [-0.15, -0.1) is 11.3 Å². The lowest BCUT2D eigenvalue weighted by molar-refractivity contribution is 0.0918. The summed E-state index contributed by atoms with van der Waals surface area (Å²) in [5.74, 6) is 0.783. The highest BCUT2D eigenvalue weighted by molar-refractivity contribution is 7.12. The van der Waals surface area contributed by atoms with Crippen molar-refractivity contribution in [3.63, 3.8) is 0 Å². The number of thiophene rings is 1. The molecule has 0 radical (unpaired) electrons. The molecular formula is C18H18ClN3O2S. The Hall–Kier alpha value is -2.18. The fraction of sp³-hybridized carbons (Fsp3) is 0.278. The van der Waals surface area contributed by atoms with Crippen molar-refractivity contribution in [3.8, 4) is 11.4 Å². The Morgan fingerprint density at radius 1 is 1.32 bits per heavy atom. The summed E-state index contributed by atoms with van der Waals surface area (Å²) in [6.07, 6.45) is 0. The second-order valence-corrected chi connectivity index (χ2v) is 7.45. The Kier molecular flexibility index (Phi) is 5.20. The predicted octanol–water partition coefficient (Wildman–Crippen LogP) is 4.89. The first-order valence-electron chi connectivity index (χ1n) is 7.90. The zero-order chi connectivity index (χ0) is 18.0. The highest BCUT2D eigenvalue weighted by Gasteiger charge is 2.25. The van der Waals surface area contributed by atoms with Crippen LogP contribution < -0.4 is 5.32 Å². The highest BCUT2D eigenvalue weighted by Crippen LogP contribution is 2.27. The maximum Gasteiger partial charge on any atom is 0.262 e. The van der Waals surface area contributed by atoms with Gasteiger partial charge in [-0.25, -0.2) is 0 Å². The molecule has 1 N–H and O–H groups in total. The highest BCUT2D eigenvalue weighted by atomic mass is 35.5. The standard InChI is InChI=1S/C18H18ClN3O2S/c1-10(2)15(20-17(23)14-5-4-8-25-14)18-21-16(22-24-18)12-7-6-11(3)13(19)9-12/h4-10,15H,1-3H3,(H,20,23). The van der Waals surface area contributed by atoms with Gasteiger partial charge in [0.2, 0.25) is 11.7 Å². The number of amides is 1. The van der Waals surface area contributed by atoms with Crippen molar-refractivity contribution < 1.29 is 9.32 Å². The summed E-state index contributed by atoms with van der Waals surface area (Å²) in [5.41, 5.74) is 1.76. The minimum Gasteiger partial charge on any atom is -0.339 e. The van der Waals surface area contributed by atoms with E-state index >= 15 is 0 Å². The number of aryl methyl sites for hydroxylation is 1. The van der Waals surface area contributed by atoms with Gasteiger partial charge in [0.25, 0.3) is 5.91 Å². The monoisotopic (exact) mass is 375 g/mol. The Bertz CT molecular complexity index is 874. The molecular weight excluding hydrogens is 358 g/mol. The van der Waals surface area contributed by atoms with Gasteiger partial charge in [-0.1, -0.05) is 48.8 Å². The normalized spacial score (nSPS) is 12.4. The quantitative estimate of drug-likeness (QED) is 0.689. The summed E-state index contributed by atoms with van der Waals surface area (Å²) < 4.78 is 5.42. The number of hydrogen-bond acceptors (Lipinski definition) is 5. The molecule has 7 heteroatoms. The minimum absolute atomic E-state index is 0.0961. The number of benzene rings is 1. The molecule has 1 aromatic carbocycles. The SMILES string of the molecule is Cc1ccc(-c2noc(C(NC(=O)c3cccs3)C(C)C)n2)cc1Cl. The van der Waals surface area contributed by atoms with Crippen LogP contribution in [0.5, 0.6) is 0 Å². The third-order valence-corrected chi connectivity index (χ3v) is 5.11. The van der Waals surface area contributed by atoms with Gasteiger partial charge >= 0.3 is 0 Å². The fourth-order valence-corrected chi connectivity index (χ4v) is 3.15. The van der Waals surface area contributed by atoms with Gasteiger partial charge in [0.15, 0.2) is 0 Å². The van der Waals surface area contributed by atoms with Crippen molar-refractivity contribution in [2.45, 2.75) is 26.8 Å². The van der Waals surface area contributed by atoms with Gasteiger partial charge in [0.05, 0.1) is 4.88 Å². The van der Waals surface area contributed by atoms with Crippen LogP contribution in [0.15, 0.2) is 40.2 Å². The first kappa shape index (κ1) is 17.6. The molecule has 1 unspecified atom stereocenters. The van der Waals surface area contributed by atoms with E-state index in [1.165, 1.54) is 11.3 Å². The first-order valence-corrected chi connectivity index (χ1v) is 9.16. The van der Waals surface area contributed by atoms with E-state index in [1.807, 2.05) is 44.4 Å². The largest absolute Gasteiger partial charge is 0.339 e. The van der Waals surface area contributed by atoms with Crippen LogP contribution in [0.3, 0.4) is 0 Å². The number of carbonyl (C=O) groups is 1. The second-order valence-electron chi connectivity index (χ2n) is 6.09. The van der Waals surface area contributed by atoms with Crippen LogP contribution in [0.25, 0.3) is 11.4 Å². The lowest BCUT2D eigenvalue weighted by Crippen LogP contribution is -2.31. The van der Waals surface area contributed by atoms with Crippen LogP contribution in [-0.4, -0.2) is 16.0 Å². The third kappa shape index (κ3) is 3.91. The lowest BCUT2D eigenvalue weighted by Gasteiger charge is -2.17. The molecule has 0 spiro atoms. The number of rotatable bonds is 5. The van der Waals surface area contributed by atoms with Crippen molar-refractivity contribution in [3.05, 3.63) is 57.1 Å². The van der Waals surface area contributed by atoms with Crippen molar-refractivity contribution in [2.24, 2.45) is 5.92 Å². The van der Waals surface area contributed by atoms with Crippen LogP contribution in [0.1, 0.15) is 41.0 Å². The molecule has 25 heavy (non-hydrogen) atoms. The number of aromatic nitrogens is 2. The Morgan fingerprint density at radius 3 is 2.76 bits per heavy atom. The molecule has 0 aliphatic heterocycles. The molecule has 0 aliphatic rings. The van der Waals surface area contributed by atoms with E-state index in [0.29, 0.717) is 21.6 Å². The van der Waals surface area contributed by atoms with Crippen molar-refractivity contribution in [1.29, 1.82) is 0 Å². The maximum absolute atomic E-state index is 12.3. The molecule has 0 saturated heterocycles. The van der Waals surface area contributed by atoms with Crippen LogP contribution in [0, 0.1) is 12.8 Å². The fourth-order valence-electron chi connectivity index (χ4n) is 2.34. The molecule has 130 valence electrons. The number of nitrogens with one attached hydrogen (secondary N) is 1. The summed E-state index contributed by atoms with van der Waals surface area (Å²) in [7, 11) is 0. The number of hydrogen-bond donors (Lipinski definition) is 1. The summed E-state index contributed by atoms with van der Waals surface area (Å²) >= 11 is 7.56. The van der Waals surface area contributed by atoms with E-state index in [1.54, 1.807) is 12.1 Å². The molecule has 2 aromatic heterocycles. The summed E-state index contributed by atoms with van der Waals surface area (Å²) in [6, 6.07) is 8.87. The maximum atomic E-state index is 12.3. The molecule has 3 aromatic rings. The topological polar surface area (TPSA) is 68.0 Å². The van der Waals surface area contributed by atoms with Crippen LogP contribution in [0.4, 0.5) is 0 Å². The van der Waals surface area contributed by atoms with E-state index < -0.39 is 0 Å². The van der Waals surface area contributed by atoms with E-state index in [2.05, 4.69) is 15.5 Å². The van der Waals surface area contributed by atoms with Gasteiger partial charge in [0, 0.05) is 10.6 Å². The molecule has 0 fully saturated rings. The van der Waals surface area contributed by atoms with Crippen LogP contribution >= 0.6 is 22.9 Å². The zero-order valence-corrected chi connectivity index (χ0v) is 15.7. The van der Waals surface area contributed by atoms with E-state index in [4.69, 9.17) is 16.1 Å². The molecule has 5 nitrogen and oxygen atoms in total. The van der Waals surface area contributed by atoms with Gasteiger partial charge in [-0.2, -0.15) is 4.98 Å². The van der Waals surface area contributed by atoms with E-state index in [0.717, 1.165) is 11.1 Å². The smallest absolute Gasteiger partial charge is 0.262 e. The molecule has 2 heterocycles. The first-order chi connectivity index (χ1) is 12.0.